The van der Waals surface area contributed by atoms with E-state index in [0.717, 1.165) is 33.2 Å². The Morgan fingerprint density at radius 2 is 1.71 bits per heavy atom. The lowest BCUT2D eigenvalue weighted by molar-refractivity contribution is 0.575. The fourth-order valence-corrected chi connectivity index (χ4v) is 4.72. The van der Waals surface area contributed by atoms with Crippen molar-refractivity contribution in [1.29, 1.82) is 0 Å². The molecule has 0 bridgehead atoms. The third-order valence-electron chi connectivity index (χ3n) is 5.00. The van der Waals surface area contributed by atoms with E-state index in [1.807, 2.05) is 26.0 Å². The molecule has 0 aliphatic rings. The molecule has 2 aromatic carbocycles. The molecule has 6 heteroatoms. The van der Waals surface area contributed by atoms with Crippen LogP contribution in [0, 0.1) is 20.8 Å². The highest BCUT2D eigenvalue weighted by Gasteiger charge is 2.16. The number of rotatable bonds is 5. The van der Waals surface area contributed by atoms with Gasteiger partial charge in [0.05, 0.1) is 10.4 Å². The molecule has 0 fully saturated rings. The van der Waals surface area contributed by atoms with Gasteiger partial charge in [0.25, 0.3) is 0 Å². The van der Waals surface area contributed by atoms with Crippen molar-refractivity contribution in [2.75, 3.05) is 6.54 Å². The number of aromatic nitrogens is 2. The lowest BCUT2D eigenvalue weighted by Gasteiger charge is -2.10. The van der Waals surface area contributed by atoms with Gasteiger partial charge in [0.1, 0.15) is 5.65 Å². The number of benzene rings is 2. The molecule has 0 spiro atoms. The number of fused-ring (bicyclic) bond motifs is 3. The molecule has 5 nitrogen and oxygen atoms in total. The predicted molar refractivity (Wildman–Crippen MR) is 113 cm³/mol. The maximum atomic E-state index is 12.6. The third-order valence-corrected chi connectivity index (χ3v) is 6.48. The van der Waals surface area contributed by atoms with E-state index >= 15 is 0 Å². The van der Waals surface area contributed by atoms with E-state index in [-0.39, 0.29) is 4.90 Å². The maximum absolute atomic E-state index is 12.6. The summed E-state index contributed by atoms with van der Waals surface area (Å²) in [6.45, 7) is 6.80. The maximum Gasteiger partial charge on any atom is 0.240 e. The van der Waals surface area contributed by atoms with Gasteiger partial charge in [-0.2, -0.15) is 0 Å². The van der Waals surface area contributed by atoms with Gasteiger partial charge in [0.15, 0.2) is 0 Å². The number of pyridine rings is 1. The first-order valence-electron chi connectivity index (χ1n) is 9.28. The molecular weight excluding hydrogens is 370 g/mol. The largest absolute Gasteiger partial charge is 0.324 e. The molecule has 0 saturated heterocycles. The SMILES string of the molecule is Cc1ccc(S(=O)(=O)NCCn2c3ccccc3c3c(C)cc(C)nc32)cc1. The third kappa shape index (κ3) is 3.30. The quantitative estimate of drug-likeness (QED) is 0.555. The molecule has 4 aromatic rings. The van der Waals surface area contributed by atoms with Crippen LogP contribution in [-0.2, 0) is 16.6 Å². The minimum atomic E-state index is -3.54. The number of aryl methyl sites for hydroxylation is 3. The molecule has 0 radical (unpaired) electrons. The summed E-state index contributed by atoms with van der Waals surface area (Å²) in [5, 5.41) is 2.27. The first-order chi connectivity index (χ1) is 13.4. The Kier molecular flexibility index (Phi) is 4.69. The van der Waals surface area contributed by atoms with Gasteiger partial charge in [-0.15, -0.1) is 0 Å². The Labute approximate surface area is 165 Å². The topological polar surface area (TPSA) is 64.0 Å². The van der Waals surface area contributed by atoms with Gasteiger partial charge in [0, 0.05) is 29.6 Å². The number of hydrogen-bond acceptors (Lipinski definition) is 3. The van der Waals surface area contributed by atoms with Gasteiger partial charge in [-0.25, -0.2) is 18.1 Å². The Morgan fingerprint density at radius 3 is 2.46 bits per heavy atom. The predicted octanol–water partition coefficient (Wildman–Crippen LogP) is 4.09. The van der Waals surface area contributed by atoms with Gasteiger partial charge < -0.3 is 4.57 Å². The number of nitrogens with one attached hydrogen (secondary N) is 1. The van der Waals surface area contributed by atoms with E-state index in [9.17, 15) is 8.42 Å². The monoisotopic (exact) mass is 393 g/mol. The van der Waals surface area contributed by atoms with E-state index in [2.05, 4.69) is 34.4 Å². The molecule has 4 rings (SSSR count). The lowest BCUT2D eigenvalue weighted by atomic mass is 10.1. The molecule has 2 aromatic heterocycles. The van der Waals surface area contributed by atoms with Crippen molar-refractivity contribution in [3.05, 3.63) is 71.4 Å². The summed E-state index contributed by atoms with van der Waals surface area (Å²) in [5.41, 5.74) is 5.12. The number of sulfonamides is 1. The molecule has 144 valence electrons. The molecular formula is C22H23N3O2S. The summed E-state index contributed by atoms with van der Waals surface area (Å²) in [6, 6.07) is 17.1. The van der Waals surface area contributed by atoms with Crippen molar-refractivity contribution >= 4 is 32.0 Å². The average Bonchev–Trinajstić information content (AvgIpc) is 2.96. The van der Waals surface area contributed by atoms with Crippen LogP contribution in [0.1, 0.15) is 16.8 Å². The molecule has 0 aliphatic carbocycles. The van der Waals surface area contributed by atoms with Gasteiger partial charge in [0.2, 0.25) is 10.0 Å². The molecule has 0 atom stereocenters. The van der Waals surface area contributed by atoms with Crippen LogP contribution >= 0.6 is 0 Å². The second-order valence-electron chi connectivity index (χ2n) is 7.16. The van der Waals surface area contributed by atoms with Crippen molar-refractivity contribution in [3.63, 3.8) is 0 Å². The minimum absolute atomic E-state index is 0.283. The number of para-hydroxylation sites is 1. The van der Waals surface area contributed by atoms with Crippen LogP contribution in [0.4, 0.5) is 0 Å². The zero-order chi connectivity index (χ0) is 19.9. The molecule has 28 heavy (non-hydrogen) atoms. The van der Waals surface area contributed by atoms with Crippen LogP contribution < -0.4 is 4.72 Å². The van der Waals surface area contributed by atoms with Crippen molar-refractivity contribution < 1.29 is 8.42 Å². The zero-order valence-electron chi connectivity index (χ0n) is 16.2. The molecule has 0 aliphatic heterocycles. The van der Waals surface area contributed by atoms with Crippen molar-refractivity contribution in [2.24, 2.45) is 0 Å². The number of hydrogen-bond donors (Lipinski definition) is 1. The zero-order valence-corrected chi connectivity index (χ0v) is 17.0. The Hall–Kier alpha value is -2.70. The summed E-state index contributed by atoms with van der Waals surface area (Å²) in [6.07, 6.45) is 0. The molecule has 1 N–H and O–H groups in total. The van der Waals surface area contributed by atoms with E-state index in [1.54, 1.807) is 24.3 Å². The van der Waals surface area contributed by atoms with Crippen molar-refractivity contribution in [3.8, 4) is 0 Å². The van der Waals surface area contributed by atoms with Crippen LogP contribution in [0.3, 0.4) is 0 Å². The van der Waals surface area contributed by atoms with E-state index in [1.165, 1.54) is 5.56 Å². The molecule has 0 unspecified atom stereocenters. The summed E-state index contributed by atoms with van der Waals surface area (Å²) >= 11 is 0. The molecule has 0 saturated carbocycles. The Morgan fingerprint density at radius 1 is 1.00 bits per heavy atom. The first-order valence-corrected chi connectivity index (χ1v) is 10.8. The first kappa shape index (κ1) is 18.7. The highest BCUT2D eigenvalue weighted by atomic mass is 32.2. The van der Waals surface area contributed by atoms with Crippen LogP contribution in [0.2, 0.25) is 0 Å². The smallest absolute Gasteiger partial charge is 0.240 e. The summed E-state index contributed by atoms with van der Waals surface area (Å²) in [4.78, 5) is 5.02. The standard InChI is InChI=1S/C22H23N3O2S/c1-15-8-10-18(11-9-15)28(26,27)23-12-13-25-20-7-5-4-6-19(20)21-16(2)14-17(3)24-22(21)25/h4-11,14,23H,12-13H2,1-3H3. The van der Waals surface area contributed by atoms with Gasteiger partial charge in [-0.3, -0.25) is 0 Å². The molecule has 2 heterocycles. The molecule has 0 amide bonds. The number of nitrogens with zero attached hydrogens (tertiary/aromatic N) is 2. The summed E-state index contributed by atoms with van der Waals surface area (Å²) in [7, 11) is -3.54. The van der Waals surface area contributed by atoms with E-state index in [0.29, 0.717) is 13.1 Å². The van der Waals surface area contributed by atoms with Crippen LogP contribution in [0.5, 0.6) is 0 Å². The van der Waals surface area contributed by atoms with Gasteiger partial charge in [-0.1, -0.05) is 35.9 Å². The second-order valence-corrected chi connectivity index (χ2v) is 8.93. The average molecular weight is 394 g/mol. The lowest BCUT2D eigenvalue weighted by Crippen LogP contribution is -2.27. The van der Waals surface area contributed by atoms with Gasteiger partial charge >= 0.3 is 0 Å². The van der Waals surface area contributed by atoms with E-state index in [4.69, 9.17) is 4.98 Å². The summed E-state index contributed by atoms with van der Waals surface area (Å²) < 4.78 is 30.0. The summed E-state index contributed by atoms with van der Waals surface area (Å²) in [5.74, 6) is 0. The minimum Gasteiger partial charge on any atom is -0.324 e. The Balaban J connectivity index is 1.67. The highest BCUT2D eigenvalue weighted by Crippen LogP contribution is 2.30. The van der Waals surface area contributed by atoms with E-state index < -0.39 is 10.0 Å². The highest BCUT2D eigenvalue weighted by molar-refractivity contribution is 7.89. The fraction of sp³-hybridized carbons (Fsp3) is 0.227. The van der Waals surface area contributed by atoms with Crippen molar-refractivity contribution in [2.45, 2.75) is 32.2 Å². The Bertz CT molecular complexity index is 1270. The second kappa shape index (κ2) is 7.04. The normalized spacial score (nSPS) is 12.1. The van der Waals surface area contributed by atoms with Gasteiger partial charge in [-0.05, 0) is 50.6 Å². The fourth-order valence-electron chi connectivity index (χ4n) is 3.70. The van der Waals surface area contributed by atoms with Crippen LogP contribution in [-0.4, -0.2) is 24.5 Å². The van der Waals surface area contributed by atoms with Crippen molar-refractivity contribution in [1.82, 2.24) is 14.3 Å². The van der Waals surface area contributed by atoms with Crippen LogP contribution in [0.15, 0.2) is 59.5 Å². The van der Waals surface area contributed by atoms with Crippen LogP contribution in [0.25, 0.3) is 21.9 Å².